The average molecular weight is 250 g/mol. The van der Waals surface area contributed by atoms with E-state index in [0.29, 0.717) is 0 Å². The molecule has 98 valence electrons. The van der Waals surface area contributed by atoms with Gasteiger partial charge in [-0.2, -0.15) is 0 Å². The van der Waals surface area contributed by atoms with Crippen molar-refractivity contribution in [2.24, 2.45) is 5.11 Å². The van der Waals surface area contributed by atoms with Gasteiger partial charge in [-0.15, -0.1) is 0 Å². The molecule has 1 saturated heterocycles. The van der Waals surface area contributed by atoms with E-state index in [1.54, 1.807) is 0 Å². The van der Waals surface area contributed by atoms with Crippen molar-refractivity contribution in [1.82, 2.24) is 0 Å². The van der Waals surface area contributed by atoms with Crippen LogP contribution in [0.5, 0.6) is 0 Å². The lowest BCUT2D eigenvalue weighted by atomic mass is 10.00. The minimum Gasteiger partial charge on any atom is -0.387 e. The van der Waals surface area contributed by atoms with Gasteiger partial charge in [0.1, 0.15) is 31.1 Å². The van der Waals surface area contributed by atoms with Crippen molar-refractivity contribution in [2.45, 2.75) is 30.7 Å². The number of hydrogen-bond acceptors (Lipinski definition) is 6. The normalized spacial score (nSPS) is 37.5. The molecule has 1 aliphatic heterocycles. The van der Waals surface area contributed by atoms with E-state index in [-0.39, 0.29) is 13.2 Å². The van der Waals surface area contributed by atoms with Crippen molar-refractivity contribution in [3.63, 3.8) is 0 Å². The summed E-state index contributed by atoms with van der Waals surface area (Å²) < 4.78 is 22.3. The number of hydrogen-bond donors (Lipinski definition) is 3. The first-order valence-electron chi connectivity index (χ1n) is 5.00. The molecule has 8 nitrogen and oxygen atoms in total. The summed E-state index contributed by atoms with van der Waals surface area (Å²) in [4.78, 5) is 2.49. The molecule has 3 N–H and O–H groups in total. The van der Waals surface area contributed by atoms with E-state index in [1.165, 1.54) is 0 Å². The molecule has 0 spiro atoms. The average Bonchev–Trinajstić information content (AvgIpc) is 2.34. The van der Waals surface area contributed by atoms with E-state index in [1.807, 2.05) is 0 Å². The van der Waals surface area contributed by atoms with E-state index < -0.39 is 37.4 Å². The minimum absolute atomic E-state index is 0.0159. The fourth-order valence-corrected chi connectivity index (χ4v) is 1.44. The lowest BCUT2D eigenvalue weighted by molar-refractivity contribution is -0.297. The highest BCUT2D eigenvalue weighted by Crippen LogP contribution is 2.22. The SMILES string of the molecule is [N-]=[N+]=NCCOC1OC(C[18F])[C@H](O)[C@H](O)C1O. The van der Waals surface area contributed by atoms with Gasteiger partial charge in [0.05, 0.1) is 6.61 Å². The standard InChI is InChI=1S/C8H14FN3O5/c9-3-4-5(13)6(14)7(15)8(17-4)16-2-1-11-12-10/h4-8,13-15H,1-3H2/t4?,5-,6-,7?,8?/m0/s1/i9-1. The number of aliphatic hydroxyl groups is 3. The Bertz CT molecular complexity index is 286. The van der Waals surface area contributed by atoms with E-state index >= 15 is 0 Å². The predicted molar refractivity (Wildman–Crippen MR) is 52.6 cm³/mol. The fourth-order valence-electron chi connectivity index (χ4n) is 1.44. The topological polar surface area (TPSA) is 128 Å². The van der Waals surface area contributed by atoms with Crippen molar-refractivity contribution < 1.29 is 29.2 Å². The summed E-state index contributed by atoms with van der Waals surface area (Å²) in [5.74, 6) is 0. The van der Waals surface area contributed by atoms with Crippen molar-refractivity contribution in [1.29, 1.82) is 0 Å². The summed E-state index contributed by atoms with van der Waals surface area (Å²) in [5.41, 5.74) is 8.01. The molecule has 1 heterocycles. The van der Waals surface area contributed by atoms with Crippen LogP contribution in [0.15, 0.2) is 5.11 Å². The number of alkyl halides is 1. The Labute approximate surface area is 96.2 Å². The number of nitrogens with zero attached hydrogens (tertiary/aromatic N) is 3. The Morgan fingerprint density at radius 3 is 2.59 bits per heavy atom. The number of aliphatic hydroxyl groups excluding tert-OH is 3. The van der Waals surface area contributed by atoms with Gasteiger partial charge in [0.2, 0.25) is 0 Å². The van der Waals surface area contributed by atoms with Crippen LogP contribution in [-0.4, -0.2) is 65.9 Å². The second kappa shape index (κ2) is 6.70. The van der Waals surface area contributed by atoms with Gasteiger partial charge in [-0.3, -0.25) is 0 Å². The molecule has 0 saturated carbocycles. The third-order valence-electron chi connectivity index (χ3n) is 2.36. The summed E-state index contributed by atoms with van der Waals surface area (Å²) in [6.07, 6.45) is -7.05. The van der Waals surface area contributed by atoms with Crippen LogP contribution in [0.4, 0.5) is 4.39 Å². The molecule has 0 radical (unpaired) electrons. The first-order chi connectivity index (χ1) is 8.11. The molecule has 0 aliphatic carbocycles. The largest absolute Gasteiger partial charge is 0.387 e. The molecular formula is C8H14FN3O5. The van der Waals surface area contributed by atoms with Gasteiger partial charge in [0, 0.05) is 11.5 Å². The maximum atomic E-state index is 12.4. The van der Waals surface area contributed by atoms with E-state index in [2.05, 4.69) is 10.0 Å². The summed E-state index contributed by atoms with van der Waals surface area (Å²) in [6, 6.07) is 0. The molecule has 0 aromatic heterocycles. The van der Waals surface area contributed by atoms with Crippen LogP contribution in [-0.2, 0) is 9.47 Å². The lowest BCUT2D eigenvalue weighted by Crippen LogP contribution is -2.58. The van der Waals surface area contributed by atoms with Crippen LogP contribution in [0, 0.1) is 0 Å². The number of halogens is 1. The van der Waals surface area contributed by atoms with Gasteiger partial charge in [-0.05, 0) is 5.53 Å². The van der Waals surface area contributed by atoms with Gasteiger partial charge < -0.3 is 24.8 Å². The van der Waals surface area contributed by atoms with E-state index in [4.69, 9.17) is 15.0 Å². The van der Waals surface area contributed by atoms with Crippen LogP contribution in [0.25, 0.3) is 10.4 Å². The zero-order valence-corrected chi connectivity index (χ0v) is 8.89. The maximum Gasteiger partial charge on any atom is 0.186 e. The first kappa shape index (κ1) is 14.1. The zero-order valence-electron chi connectivity index (χ0n) is 8.89. The number of rotatable bonds is 5. The maximum absolute atomic E-state index is 12.4. The van der Waals surface area contributed by atoms with Gasteiger partial charge in [0.15, 0.2) is 6.29 Å². The molecule has 9 heteroatoms. The molecule has 0 amide bonds. The summed E-state index contributed by atoms with van der Waals surface area (Å²) >= 11 is 0. The molecule has 0 bridgehead atoms. The van der Waals surface area contributed by atoms with Crippen LogP contribution >= 0.6 is 0 Å². The second-order valence-electron chi connectivity index (χ2n) is 3.49. The minimum atomic E-state index is -1.55. The van der Waals surface area contributed by atoms with Gasteiger partial charge >= 0.3 is 0 Å². The van der Waals surface area contributed by atoms with Crippen LogP contribution < -0.4 is 0 Å². The Kier molecular flexibility index (Phi) is 5.56. The van der Waals surface area contributed by atoms with Crippen molar-refractivity contribution in [3.8, 4) is 0 Å². The van der Waals surface area contributed by atoms with Gasteiger partial charge in [-0.25, -0.2) is 4.39 Å². The third-order valence-corrected chi connectivity index (χ3v) is 2.36. The molecule has 0 aromatic carbocycles. The fraction of sp³-hybridized carbons (Fsp3) is 1.00. The first-order valence-corrected chi connectivity index (χ1v) is 5.00. The Hall–Kier alpha value is -0.960. The molecule has 1 rings (SSSR count). The molecule has 3 unspecified atom stereocenters. The highest BCUT2D eigenvalue weighted by atomic mass is 18.2. The summed E-state index contributed by atoms with van der Waals surface area (Å²) in [5, 5.41) is 31.4. The Balaban J connectivity index is 2.50. The van der Waals surface area contributed by atoms with Gasteiger partial charge in [0.25, 0.3) is 0 Å². The van der Waals surface area contributed by atoms with Crippen LogP contribution in [0.1, 0.15) is 0 Å². The van der Waals surface area contributed by atoms with Crippen molar-refractivity contribution in [2.75, 3.05) is 19.8 Å². The monoisotopic (exact) mass is 250 g/mol. The van der Waals surface area contributed by atoms with Crippen LogP contribution in [0.3, 0.4) is 0 Å². The quantitative estimate of drug-likeness (QED) is 0.252. The smallest absolute Gasteiger partial charge is 0.186 e. The van der Waals surface area contributed by atoms with Crippen molar-refractivity contribution in [3.05, 3.63) is 10.4 Å². The van der Waals surface area contributed by atoms with Crippen LogP contribution in [0.2, 0.25) is 0 Å². The number of ether oxygens (including phenoxy) is 2. The van der Waals surface area contributed by atoms with Gasteiger partial charge in [-0.1, -0.05) is 5.11 Å². The molecule has 1 aliphatic rings. The summed E-state index contributed by atoms with van der Waals surface area (Å²) in [7, 11) is 0. The Morgan fingerprint density at radius 1 is 1.29 bits per heavy atom. The molecule has 1 fully saturated rings. The number of azide groups is 1. The zero-order chi connectivity index (χ0) is 12.8. The molecular weight excluding hydrogens is 236 g/mol. The summed E-state index contributed by atoms with van der Waals surface area (Å²) in [6.45, 7) is -1.04. The lowest BCUT2D eigenvalue weighted by Gasteiger charge is -2.39. The third kappa shape index (κ3) is 3.50. The molecule has 0 aromatic rings. The highest BCUT2D eigenvalue weighted by molar-refractivity contribution is 4.88. The Morgan fingerprint density at radius 2 is 2.00 bits per heavy atom. The van der Waals surface area contributed by atoms with E-state index in [0.717, 1.165) is 0 Å². The molecule has 5 atom stereocenters. The highest BCUT2D eigenvalue weighted by Gasteiger charge is 2.44. The van der Waals surface area contributed by atoms with Crippen molar-refractivity contribution >= 4 is 0 Å². The molecule has 17 heavy (non-hydrogen) atoms. The second-order valence-corrected chi connectivity index (χ2v) is 3.49. The van der Waals surface area contributed by atoms with E-state index in [9.17, 15) is 19.7 Å². The predicted octanol–water partition coefficient (Wildman–Crippen LogP) is -0.910.